The van der Waals surface area contributed by atoms with Gasteiger partial charge in [-0.2, -0.15) is 13.7 Å². The molecule has 0 heterocycles. The van der Waals surface area contributed by atoms with Crippen LogP contribution in [0, 0.1) is 11.3 Å². The van der Waals surface area contributed by atoms with Gasteiger partial charge in [0.2, 0.25) is 0 Å². The topological polar surface area (TPSA) is 119 Å². The minimum absolute atomic E-state index is 0.136. The minimum atomic E-state index is -4.40. The van der Waals surface area contributed by atoms with Gasteiger partial charge in [-0.05, 0) is 35.2 Å². The summed E-state index contributed by atoms with van der Waals surface area (Å²) in [6, 6.07) is 14.5. The van der Waals surface area contributed by atoms with E-state index in [2.05, 4.69) is 31.4 Å². The van der Waals surface area contributed by atoms with Crippen molar-refractivity contribution in [3.8, 4) is 6.07 Å². The Morgan fingerprint density at radius 3 is 2.43 bits per heavy atom. The molecular weight excluding hydrogens is 378 g/mol. The Hall–Kier alpha value is -3.15. The Kier molecular flexibility index (Phi) is 6.23. The fourth-order valence-electron chi connectivity index (χ4n) is 2.49. The first-order valence-electron chi connectivity index (χ1n) is 8.37. The number of hydrogen-bond donors (Lipinski definition) is 3. The highest BCUT2D eigenvalue weighted by Gasteiger charge is 2.18. The first kappa shape index (κ1) is 21.2. The van der Waals surface area contributed by atoms with Crippen molar-refractivity contribution in [3.63, 3.8) is 0 Å². The van der Waals surface area contributed by atoms with Crippen molar-refractivity contribution in [1.29, 1.82) is 5.26 Å². The van der Waals surface area contributed by atoms with Gasteiger partial charge in [0.05, 0.1) is 4.90 Å². The van der Waals surface area contributed by atoms with Crippen molar-refractivity contribution < 1.29 is 17.8 Å². The van der Waals surface area contributed by atoms with Crippen LogP contribution in [0.25, 0.3) is 0 Å². The molecule has 0 aliphatic carbocycles. The molecule has 0 aliphatic rings. The molecule has 28 heavy (non-hydrogen) atoms. The van der Waals surface area contributed by atoms with E-state index in [4.69, 9.17) is 4.55 Å². The van der Waals surface area contributed by atoms with Crippen molar-refractivity contribution >= 4 is 27.4 Å². The van der Waals surface area contributed by atoms with Crippen LogP contribution in [0.3, 0.4) is 0 Å². The number of rotatable bonds is 5. The summed E-state index contributed by atoms with van der Waals surface area (Å²) in [4.78, 5) is 12.0. The molecule has 0 radical (unpaired) electrons. The molecule has 8 heteroatoms. The van der Waals surface area contributed by atoms with Gasteiger partial charge in [0, 0.05) is 17.6 Å². The van der Waals surface area contributed by atoms with Crippen LogP contribution in [-0.4, -0.2) is 18.9 Å². The highest BCUT2D eigenvalue weighted by molar-refractivity contribution is 7.85. The third-order valence-corrected chi connectivity index (χ3v) is 4.71. The van der Waals surface area contributed by atoms with E-state index < -0.39 is 16.0 Å². The summed E-state index contributed by atoms with van der Waals surface area (Å²) in [7, 11) is -4.40. The molecule has 2 aromatic rings. The molecule has 0 spiro atoms. The monoisotopic (exact) mass is 399 g/mol. The lowest BCUT2D eigenvalue weighted by molar-refractivity contribution is -0.112. The maximum Gasteiger partial charge on any atom is 0.294 e. The predicted molar refractivity (Wildman–Crippen MR) is 107 cm³/mol. The van der Waals surface area contributed by atoms with Crippen molar-refractivity contribution in [2.75, 3.05) is 10.6 Å². The lowest BCUT2D eigenvalue weighted by atomic mass is 9.86. The van der Waals surface area contributed by atoms with Crippen LogP contribution < -0.4 is 10.6 Å². The van der Waals surface area contributed by atoms with Crippen LogP contribution in [0.2, 0.25) is 0 Å². The zero-order chi connectivity index (χ0) is 20.9. The van der Waals surface area contributed by atoms with Gasteiger partial charge >= 0.3 is 0 Å². The number of hydrogen-bond acceptors (Lipinski definition) is 5. The maximum atomic E-state index is 12.4. The van der Waals surface area contributed by atoms with Gasteiger partial charge in [-0.1, -0.05) is 45.0 Å². The minimum Gasteiger partial charge on any atom is -0.360 e. The Morgan fingerprint density at radius 2 is 1.82 bits per heavy atom. The number of para-hydroxylation sites is 1. The van der Waals surface area contributed by atoms with E-state index >= 15 is 0 Å². The number of anilines is 2. The van der Waals surface area contributed by atoms with Gasteiger partial charge in [-0.15, -0.1) is 0 Å². The van der Waals surface area contributed by atoms with E-state index in [1.165, 1.54) is 24.4 Å². The van der Waals surface area contributed by atoms with Gasteiger partial charge in [-0.3, -0.25) is 9.35 Å². The van der Waals surface area contributed by atoms with Crippen LogP contribution in [0.15, 0.2) is 65.2 Å². The molecule has 0 saturated heterocycles. The van der Waals surface area contributed by atoms with Gasteiger partial charge in [-0.25, -0.2) is 0 Å². The highest BCUT2D eigenvalue weighted by Crippen LogP contribution is 2.29. The van der Waals surface area contributed by atoms with Gasteiger partial charge in [0.25, 0.3) is 16.0 Å². The molecule has 3 N–H and O–H groups in total. The largest absolute Gasteiger partial charge is 0.360 e. The number of carbonyl (C=O) groups excluding carboxylic acids is 1. The Labute approximate surface area is 164 Å². The molecule has 2 rings (SSSR count). The average Bonchev–Trinajstić information content (AvgIpc) is 2.61. The lowest BCUT2D eigenvalue weighted by Crippen LogP contribution is -2.16. The summed E-state index contributed by atoms with van der Waals surface area (Å²) >= 11 is 0. The second-order valence-corrected chi connectivity index (χ2v) is 8.49. The van der Waals surface area contributed by atoms with Gasteiger partial charge in [0.15, 0.2) is 0 Å². The predicted octanol–water partition coefficient (Wildman–Crippen LogP) is 3.69. The number of amides is 1. The number of nitrogens with zero attached hydrogens (tertiary/aromatic N) is 1. The molecule has 0 aromatic heterocycles. The Bertz CT molecular complexity index is 1060. The molecule has 1 amide bonds. The summed E-state index contributed by atoms with van der Waals surface area (Å²) in [6.07, 6.45) is 1.30. The summed E-state index contributed by atoms with van der Waals surface area (Å²) < 4.78 is 31.5. The molecule has 0 atom stereocenters. The lowest BCUT2D eigenvalue weighted by Gasteiger charge is -2.22. The molecule has 0 bridgehead atoms. The van der Waals surface area contributed by atoms with Crippen molar-refractivity contribution in [1.82, 2.24) is 0 Å². The first-order chi connectivity index (χ1) is 13.0. The number of carbonyl (C=O) groups is 1. The first-order valence-corrected chi connectivity index (χ1v) is 9.81. The fourth-order valence-corrected chi connectivity index (χ4v) is 3.02. The average molecular weight is 399 g/mol. The quantitative estimate of drug-likeness (QED) is 0.401. The summed E-state index contributed by atoms with van der Waals surface area (Å²) in [6.45, 7) is 6.16. The van der Waals surface area contributed by atoms with E-state index in [1.807, 2.05) is 30.3 Å². The van der Waals surface area contributed by atoms with E-state index in [1.54, 1.807) is 0 Å². The zero-order valence-electron chi connectivity index (χ0n) is 15.7. The molecule has 146 valence electrons. The summed E-state index contributed by atoms with van der Waals surface area (Å²) in [5, 5.41) is 14.7. The number of benzene rings is 2. The second-order valence-electron chi connectivity index (χ2n) is 7.07. The molecular formula is C20H21N3O4S. The Balaban J connectivity index is 2.23. The van der Waals surface area contributed by atoms with Gasteiger partial charge in [0.1, 0.15) is 11.6 Å². The smallest absolute Gasteiger partial charge is 0.294 e. The van der Waals surface area contributed by atoms with Crippen LogP contribution in [-0.2, 0) is 20.3 Å². The van der Waals surface area contributed by atoms with Crippen LogP contribution >= 0.6 is 0 Å². The third kappa shape index (κ3) is 5.42. The van der Waals surface area contributed by atoms with E-state index in [9.17, 15) is 18.5 Å². The SMILES string of the molecule is CC(C)(C)c1ccccc1N/C=C(/C#N)C(=O)Nc1cccc(S(=O)(=O)O)c1. The Morgan fingerprint density at radius 1 is 1.14 bits per heavy atom. The molecule has 0 aliphatic heterocycles. The summed E-state index contributed by atoms with van der Waals surface area (Å²) in [5.74, 6) is -0.712. The molecule has 2 aromatic carbocycles. The molecule has 7 nitrogen and oxygen atoms in total. The van der Waals surface area contributed by atoms with Crippen molar-refractivity contribution in [2.45, 2.75) is 31.1 Å². The number of nitrogens with one attached hydrogen (secondary N) is 2. The highest BCUT2D eigenvalue weighted by atomic mass is 32.2. The van der Waals surface area contributed by atoms with E-state index in [0.717, 1.165) is 17.3 Å². The fraction of sp³-hybridized carbons (Fsp3) is 0.200. The van der Waals surface area contributed by atoms with Crippen LogP contribution in [0.4, 0.5) is 11.4 Å². The van der Waals surface area contributed by atoms with Crippen molar-refractivity contribution in [3.05, 3.63) is 65.9 Å². The maximum absolute atomic E-state index is 12.4. The molecule has 0 fully saturated rings. The third-order valence-electron chi connectivity index (χ3n) is 3.86. The summed E-state index contributed by atoms with van der Waals surface area (Å²) in [5.41, 5.74) is 1.59. The van der Waals surface area contributed by atoms with E-state index in [-0.39, 0.29) is 21.6 Å². The van der Waals surface area contributed by atoms with Crippen LogP contribution in [0.5, 0.6) is 0 Å². The second kappa shape index (κ2) is 8.25. The zero-order valence-corrected chi connectivity index (χ0v) is 16.5. The molecule has 0 saturated carbocycles. The molecule has 0 unspecified atom stereocenters. The number of nitriles is 1. The van der Waals surface area contributed by atoms with Gasteiger partial charge < -0.3 is 10.6 Å². The van der Waals surface area contributed by atoms with Crippen LogP contribution in [0.1, 0.15) is 26.3 Å². The normalized spacial score (nSPS) is 12.2. The van der Waals surface area contributed by atoms with Crippen molar-refractivity contribution in [2.24, 2.45) is 0 Å². The van der Waals surface area contributed by atoms with E-state index in [0.29, 0.717) is 0 Å². The standard InChI is InChI=1S/C20H21N3O4S/c1-20(2,3)17-9-4-5-10-18(17)22-13-14(12-21)19(24)23-15-7-6-8-16(11-15)28(25,26)27/h4-11,13,22H,1-3H3,(H,23,24)(H,25,26,27)/b14-13-.